The Balaban J connectivity index is 1.88. The van der Waals surface area contributed by atoms with Crippen LogP contribution in [0.25, 0.3) is 0 Å². The highest BCUT2D eigenvalue weighted by Gasteiger charge is 2.37. The van der Waals surface area contributed by atoms with Crippen molar-refractivity contribution in [2.24, 2.45) is 5.73 Å². The van der Waals surface area contributed by atoms with Crippen molar-refractivity contribution in [1.82, 2.24) is 5.32 Å². The van der Waals surface area contributed by atoms with E-state index in [4.69, 9.17) is 10.5 Å². The van der Waals surface area contributed by atoms with Crippen LogP contribution in [-0.2, 0) is 14.3 Å². The van der Waals surface area contributed by atoms with Crippen molar-refractivity contribution in [1.29, 1.82) is 0 Å². The van der Waals surface area contributed by atoms with E-state index in [0.717, 1.165) is 29.5 Å². The van der Waals surface area contributed by atoms with Gasteiger partial charge < -0.3 is 10.5 Å². The maximum Gasteiger partial charge on any atom is 0.413 e. The van der Waals surface area contributed by atoms with Crippen molar-refractivity contribution in [3.63, 3.8) is 0 Å². The molecule has 5 nitrogen and oxygen atoms in total. The maximum absolute atomic E-state index is 12.6. The minimum Gasteiger partial charge on any atom is -0.449 e. The maximum atomic E-state index is 12.6. The van der Waals surface area contributed by atoms with Gasteiger partial charge in [0.1, 0.15) is 0 Å². The molecule has 6 heteroatoms. The number of hydrogen-bond donors (Lipinski definition) is 2. The Morgan fingerprint density at radius 2 is 1.33 bits per heavy atom. The molecule has 0 aliphatic carbocycles. The number of alkyl carbamates (subject to hydrolysis) is 1. The molecule has 2 amide bonds. The summed E-state index contributed by atoms with van der Waals surface area (Å²) in [6.07, 6.45) is 0.893. The molecule has 3 rings (SSSR count). The van der Waals surface area contributed by atoms with E-state index in [1.54, 1.807) is 11.8 Å². The minimum atomic E-state index is -0.885. The van der Waals surface area contributed by atoms with E-state index >= 15 is 0 Å². The Morgan fingerprint density at radius 3 is 1.76 bits per heavy atom. The third kappa shape index (κ3) is 6.24. The van der Waals surface area contributed by atoms with E-state index in [-0.39, 0.29) is 6.61 Å². The lowest BCUT2D eigenvalue weighted by molar-refractivity contribution is -0.121. The van der Waals surface area contributed by atoms with Gasteiger partial charge in [-0.1, -0.05) is 104 Å². The van der Waals surface area contributed by atoms with Crippen LogP contribution in [0.15, 0.2) is 91.0 Å². The van der Waals surface area contributed by atoms with E-state index < -0.39 is 22.8 Å². The van der Waals surface area contributed by atoms with Crippen molar-refractivity contribution in [2.75, 3.05) is 12.4 Å². The highest BCUT2D eigenvalue weighted by atomic mass is 32.2. The summed E-state index contributed by atoms with van der Waals surface area (Å²) in [5.74, 6) is -0.251. The summed E-state index contributed by atoms with van der Waals surface area (Å²) in [5.41, 5.74) is 9.47. The number of rotatable bonds is 10. The number of carbonyl (C=O) groups excluding carboxylic acids is 2. The van der Waals surface area contributed by atoms with Crippen molar-refractivity contribution >= 4 is 23.8 Å². The molecule has 0 aromatic heterocycles. The van der Waals surface area contributed by atoms with E-state index in [1.165, 1.54) is 0 Å². The van der Waals surface area contributed by atoms with Crippen LogP contribution in [0.4, 0.5) is 4.79 Å². The molecule has 0 heterocycles. The Labute approximate surface area is 199 Å². The minimum absolute atomic E-state index is 0.277. The zero-order chi connectivity index (χ0) is 23.5. The number of hydrogen-bond acceptors (Lipinski definition) is 5. The molecule has 33 heavy (non-hydrogen) atoms. The predicted octanol–water partition coefficient (Wildman–Crippen LogP) is 5.09. The Kier molecular flexibility index (Phi) is 9.10. The van der Waals surface area contributed by atoms with Crippen molar-refractivity contribution in [3.05, 3.63) is 108 Å². The lowest BCUT2D eigenvalue weighted by Gasteiger charge is -2.36. The number of ether oxygens (including phenoxy) is 1. The van der Waals surface area contributed by atoms with Gasteiger partial charge in [0, 0.05) is 5.75 Å². The van der Waals surface area contributed by atoms with Gasteiger partial charge in [0.2, 0.25) is 5.91 Å². The molecular weight excluding hydrogens is 432 g/mol. The fraction of sp³-hybridized carbons (Fsp3) is 0.259. The summed E-state index contributed by atoms with van der Waals surface area (Å²) in [5, 5.41) is 2.26. The molecule has 0 radical (unpaired) electrons. The second-order valence-corrected chi connectivity index (χ2v) is 8.91. The zero-order valence-corrected chi connectivity index (χ0v) is 19.6. The normalized spacial score (nSPS) is 12.1. The Morgan fingerprint density at radius 1 is 0.879 bits per heavy atom. The number of nitrogens with two attached hydrogens (primary N) is 1. The molecule has 0 saturated carbocycles. The van der Waals surface area contributed by atoms with Gasteiger partial charge in [-0.2, -0.15) is 0 Å². The van der Waals surface area contributed by atoms with Crippen LogP contribution in [0.2, 0.25) is 0 Å². The quantitative estimate of drug-likeness (QED) is 0.324. The van der Waals surface area contributed by atoms with E-state index in [2.05, 4.69) is 41.7 Å². The van der Waals surface area contributed by atoms with Crippen molar-refractivity contribution in [3.8, 4) is 0 Å². The lowest BCUT2D eigenvalue weighted by atomic mass is 9.84. The molecule has 0 unspecified atom stereocenters. The molecule has 172 valence electrons. The van der Waals surface area contributed by atoms with E-state index in [0.29, 0.717) is 5.75 Å². The summed E-state index contributed by atoms with van der Waals surface area (Å²) in [4.78, 5) is 24.4. The topological polar surface area (TPSA) is 81.4 Å². The van der Waals surface area contributed by atoms with Gasteiger partial charge in [-0.15, -0.1) is 11.8 Å². The Hall–Kier alpha value is -3.09. The monoisotopic (exact) mass is 462 g/mol. The molecule has 0 aliphatic heterocycles. The number of amides is 2. The first-order valence-electron chi connectivity index (χ1n) is 11.1. The SMILES string of the molecule is CCCCOC(=O)NC(=O)[C@@H](N)CSC(c1ccccc1)(c1ccccc1)c1ccccc1. The van der Waals surface area contributed by atoms with Gasteiger partial charge >= 0.3 is 6.09 Å². The lowest BCUT2D eigenvalue weighted by Crippen LogP contribution is -2.46. The Bertz CT molecular complexity index is 917. The summed E-state index contributed by atoms with van der Waals surface area (Å²) >= 11 is 1.58. The van der Waals surface area contributed by atoms with Crippen LogP contribution in [0.3, 0.4) is 0 Å². The van der Waals surface area contributed by atoms with Gasteiger partial charge in [0.15, 0.2) is 0 Å². The predicted molar refractivity (Wildman–Crippen MR) is 134 cm³/mol. The first kappa shape index (κ1) is 24.6. The van der Waals surface area contributed by atoms with Crippen LogP contribution in [-0.4, -0.2) is 30.4 Å². The zero-order valence-electron chi connectivity index (χ0n) is 18.8. The highest BCUT2D eigenvalue weighted by molar-refractivity contribution is 8.00. The van der Waals surface area contributed by atoms with Crippen LogP contribution < -0.4 is 11.1 Å². The highest BCUT2D eigenvalue weighted by Crippen LogP contribution is 2.48. The molecule has 3 aromatic carbocycles. The third-order valence-corrected chi connectivity index (χ3v) is 6.98. The van der Waals surface area contributed by atoms with Gasteiger partial charge in [-0.25, -0.2) is 4.79 Å². The first-order valence-corrected chi connectivity index (χ1v) is 12.1. The third-order valence-electron chi connectivity index (χ3n) is 5.31. The van der Waals surface area contributed by atoms with E-state index in [1.807, 2.05) is 61.5 Å². The van der Waals surface area contributed by atoms with Gasteiger partial charge in [0.05, 0.1) is 17.4 Å². The van der Waals surface area contributed by atoms with Gasteiger partial charge in [-0.3, -0.25) is 10.1 Å². The smallest absolute Gasteiger partial charge is 0.413 e. The van der Waals surface area contributed by atoms with Crippen LogP contribution in [0.1, 0.15) is 36.5 Å². The number of unbranched alkanes of at least 4 members (excludes halogenated alkanes) is 1. The number of carbonyl (C=O) groups is 2. The molecule has 1 atom stereocenters. The van der Waals surface area contributed by atoms with Gasteiger partial charge in [0.25, 0.3) is 0 Å². The van der Waals surface area contributed by atoms with Crippen molar-refractivity contribution in [2.45, 2.75) is 30.6 Å². The number of benzene rings is 3. The summed E-state index contributed by atoms with van der Waals surface area (Å²) in [6, 6.07) is 29.6. The number of thioether (sulfide) groups is 1. The molecule has 0 saturated heterocycles. The molecule has 0 bridgehead atoms. The van der Waals surface area contributed by atoms with Crippen LogP contribution in [0.5, 0.6) is 0 Å². The van der Waals surface area contributed by atoms with Crippen LogP contribution >= 0.6 is 11.8 Å². The molecule has 0 fully saturated rings. The number of nitrogens with one attached hydrogen (secondary N) is 1. The summed E-state index contributed by atoms with van der Waals surface area (Å²) in [7, 11) is 0. The van der Waals surface area contributed by atoms with E-state index in [9.17, 15) is 9.59 Å². The largest absolute Gasteiger partial charge is 0.449 e. The second kappa shape index (κ2) is 12.2. The van der Waals surface area contributed by atoms with Crippen LogP contribution in [0, 0.1) is 0 Å². The first-order chi connectivity index (χ1) is 16.1. The second-order valence-electron chi connectivity index (χ2n) is 7.68. The standard InChI is InChI=1S/C27H30N2O3S/c1-2-3-19-32-26(31)29-25(30)24(28)20-33-27(21-13-7-4-8-14-21,22-15-9-5-10-16-22)23-17-11-6-12-18-23/h4-18,24H,2-3,19-20,28H2,1H3,(H,29,30,31)/t24-/m0/s1. The average molecular weight is 463 g/mol. The fourth-order valence-electron chi connectivity index (χ4n) is 3.60. The molecular formula is C27H30N2O3S. The molecule has 3 aromatic rings. The molecule has 0 aliphatic rings. The number of imide groups is 1. The van der Waals surface area contributed by atoms with Gasteiger partial charge in [-0.05, 0) is 23.1 Å². The summed E-state index contributed by atoms with van der Waals surface area (Å²) < 4.78 is 4.44. The fourth-order valence-corrected chi connectivity index (χ4v) is 5.09. The molecule has 3 N–H and O–H groups in total. The molecule has 0 spiro atoms. The van der Waals surface area contributed by atoms with Crippen molar-refractivity contribution < 1.29 is 14.3 Å². The summed E-state index contributed by atoms with van der Waals surface area (Å²) in [6.45, 7) is 2.27. The average Bonchev–Trinajstić information content (AvgIpc) is 2.86.